The molecule has 4 aromatic rings. The van der Waals surface area contributed by atoms with E-state index in [4.69, 9.17) is 16.6 Å². The number of nitrogens with one attached hydrogen (secondary N) is 2. The minimum absolute atomic E-state index is 0.0309. The van der Waals surface area contributed by atoms with Gasteiger partial charge in [-0.05, 0) is 61.1 Å². The standard InChI is InChI=1S/C27H22N4O4S/c1-17-6-4-7-19(12-17)31-26(34)22(25(33)29-27(31)36)13-18-15-30(23-10-3-2-9-21(18)23)16-24(32)28-14-20-8-5-11-35-20/h2-13,15H,14,16H2,1H3,(H,28,32)(H,29,33,36)/b22-13+. The van der Waals surface area contributed by atoms with E-state index in [2.05, 4.69) is 10.6 Å². The van der Waals surface area contributed by atoms with Crippen molar-refractivity contribution in [1.29, 1.82) is 0 Å². The third-order valence-electron chi connectivity index (χ3n) is 5.83. The molecular formula is C27H22N4O4S. The molecule has 3 amide bonds. The van der Waals surface area contributed by atoms with Crippen LogP contribution in [0.5, 0.6) is 0 Å². The second-order valence-electron chi connectivity index (χ2n) is 8.38. The molecule has 2 aromatic heterocycles. The number of nitrogens with zero attached hydrogens (tertiary/aromatic N) is 2. The fourth-order valence-electron chi connectivity index (χ4n) is 4.15. The summed E-state index contributed by atoms with van der Waals surface area (Å²) in [6.07, 6.45) is 4.85. The first-order chi connectivity index (χ1) is 17.4. The van der Waals surface area contributed by atoms with Gasteiger partial charge in [0.1, 0.15) is 17.9 Å². The number of rotatable bonds is 6. The Morgan fingerprint density at radius 3 is 2.72 bits per heavy atom. The summed E-state index contributed by atoms with van der Waals surface area (Å²) in [5, 5.41) is 6.28. The summed E-state index contributed by atoms with van der Waals surface area (Å²) in [5.41, 5.74) is 2.92. The van der Waals surface area contributed by atoms with Gasteiger partial charge >= 0.3 is 0 Å². The molecule has 0 bridgehead atoms. The third kappa shape index (κ3) is 4.56. The summed E-state index contributed by atoms with van der Waals surface area (Å²) in [5.74, 6) is -0.623. The zero-order valence-corrected chi connectivity index (χ0v) is 20.2. The van der Waals surface area contributed by atoms with Crippen molar-refractivity contribution in [2.45, 2.75) is 20.0 Å². The van der Waals surface area contributed by atoms with Crippen LogP contribution >= 0.6 is 12.2 Å². The molecule has 1 aliphatic rings. The number of carbonyl (C=O) groups is 3. The largest absolute Gasteiger partial charge is 0.467 e. The topological polar surface area (TPSA) is 96.6 Å². The molecule has 36 heavy (non-hydrogen) atoms. The fourth-order valence-corrected chi connectivity index (χ4v) is 4.43. The van der Waals surface area contributed by atoms with Crippen molar-refractivity contribution in [1.82, 2.24) is 15.2 Å². The van der Waals surface area contributed by atoms with E-state index in [0.717, 1.165) is 16.5 Å². The number of para-hydroxylation sites is 1. The lowest BCUT2D eigenvalue weighted by Crippen LogP contribution is -2.54. The SMILES string of the molecule is Cc1cccc(N2C(=O)/C(=C/c3cn(CC(=O)NCc4ccco4)c4ccccc34)C(=O)NC2=S)c1. The Bertz CT molecular complexity index is 1530. The Morgan fingerprint density at radius 2 is 1.94 bits per heavy atom. The van der Waals surface area contributed by atoms with Crippen LogP contribution in [-0.2, 0) is 27.5 Å². The van der Waals surface area contributed by atoms with Gasteiger partial charge in [0.15, 0.2) is 5.11 Å². The number of carbonyl (C=O) groups excluding carboxylic acids is 3. The van der Waals surface area contributed by atoms with Crippen molar-refractivity contribution in [2.75, 3.05) is 4.90 Å². The number of amides is 3. The third-order valence-corrected chi connectivity index (χ3v) is 6.12. The van der Waals surface area contributed by atoms with Crippen LogP contribution in [0.4, 0.5) is 5.69 Å². The Hall–Kier alpha value is -4.50. The molecule has 0 radical (unpaired) electrons. The molecule has 0 saturated carbocycles. The van der Waals surface area contributed by atoms with Gasteiger partial charge < -0.3 is 14.3 Å². The van der Waals surface area contributed by atoms with Crippen molar-refractivity contribution < 1.29 is 18.8 Å². The Kier molecular flexibility index (Phi) is 6.22. The molecule has 8 nitrogen and oxygen atoms in total. The lowest BCUT2D eigenvalue weighted by Gasteiger charge is -2.29. The Labute approximate surface area is 212 Å². The maximum Gasteiger partial charge on any atom is 0.270 e. The molecule has 0 atom stereocenters. The van der Waals surface area contributed by atoms with E-state index in [0.29, 0.717) is 17.0 Å². The van der Waals surface area contributed by atoms with E-state index in [1.54, 1.807) is 41.3 Å². The molecule has 1 saturated heterocycles. The average molecular weight is 499 g/mol. The molecule has 3 heterocycles. The molecular weight excluding hydrogens is 476 g/mol. The van der Waals surface area contributed by atoms with Gasteiger partial charge in [0, 0.05) is 22.7 Å². The first-order valence-corrected chi connectivity index (χ1v) is 11.7. The maximum atomic E-state index is 13.4. The lowest BCUT2D eigenvalue weighted by molar-refractivity contribution is -0.123. The summed E-state index contributed by atoms with van der Waals surface area (Å²) in [6.45, 7) is 2.26. The molecule has 0 spiro atoms. The number of anilines is 1. The maximum absolute atomic E-state index is 13.4. The quantitative estimate of drug-likeness (QED) is 0.240. The number of furan rings is 1. The molecule has 2 aromatic carbocycles. The number of hydrogen-bond donors (Lipinski definition) is 2. The molecule has 9 heteroatoms. The van der Waals surface area contributed by atoms with Gasteiger partial charge in [0.05, 0.1) is 18.5 Å². The second-order valence-corrected chi connectivity index (χ2v) is 8.77. The van der Waals surface area contributed by atoms with Crippen molar-refractivity contribution in [3.8, 4) is 0 Å². The molecule has 2 N–H and O–H groups in total. The highest BCUT2D eigenvalue weighted by Crippen LogP contribution is 2.27. The molecule has 180 valence electrons. The van der Waals surface area contributed by atoms with Gasteiger partial charge in [0.2, 0.25) is 5.91 Å². The summed E-state index contributed by atoms with van der Waals surface area (Å²) >= 11 is 5.30. The van der Waals surface area contributed by atoms with Crippen LogP contribution < -0.4 is 15.5 Å². The van der Waals surface area contributed by atoms with E-state index < -0.39 is 11.8 Å². The van der Waals surface area contributed by atoms with Crippen LogP contribution in [0.25, 0.3) is 17.0 Å². The summed E-state index contributed by atoms with van der Waals surface area (Å²) < 4.78 is 7.04. The van der Waals surface area contributed by atoms with Crippen LogP contribution in [0.1, 0.15) is 16.9 Å². The zero-order chi connectivity index (χ0) is 25.2. The highest BCUT2D eigenvalue weighted by Gasteiger charge is 2.34. The van der Waals surface area contributed by atoms with Gasteiger partial charge in [-0.1, -0.05) is 30.3 Å². The number of hydrogen-bond acceptors (Lipinski definition) is 5. The van der Waals surface area contributed by atoms with Gasteiger partial charge in [-0.2, -0.15) is 0 Å². The number of aryl methyl sites for hydroxylation is 1. The number of aromatic nitrogens is 1. The molecule has 0 unspecified atom stereocenters. The van der Waals surface area contributed by atoms with Crippen LogP contribution in [0.3, 0.4) is 0 Å². The second kappa shape index (κ2) is 9.63. The summed E-state index contributed by atoms with van der Waals surface area (Å²) in [7, 11) is 0. The number of fused-ring (bicyclic) bond motifs is 1. The predicted octanol–water partition coefficient (Wildman–Crippen LogP) is 3.69. The van der Waals surface area contributed by atoms with E-state index in [9.17, 15) is 14.4 Å². The van der Waals surface area contributed by atoms with Crippen LogP contribution in [0.15, 0.2) is 83.1 Å². The van der Waals surface area contributed by atoms with Gasteiger partial charge in [-0.3, -0.25) is 24.6 Å². The first-order valence-electron chi connectivity index (χ1n) is 11.3. The Morgan fingerprint density at radius 1 is 1.11 bits per heavy atom. The average Bonchev–Trinajstić information content (AvgIpc) is 3.49. The fraction of sp³-hybridized carbons (Fsp3) is 0.111. The van der Waals surface area contributed by atoms with Crippen molar-refractivity contribution in [3.63, 3.8) is 0 Å². The number of thiocarbonyl (C=S) groups is 1. The summed E-state index contributed by atoms with van der Waals surface area (Å²) in [6, 6.07) is 18.4. The van der Waals surface area contributed by atoms with Crippen LogP contribution in [-0.4, -0.2) is 27.4 Å². The Balaban J connectivity index is 1.46. The lowest BCUT2D eigenvalue weighted by atomic mass is 10.1. The van der Waals surface area contributed by atoms with E-state index >= 15 is 0 Å². The van der Waals surface area contributed by atoms with Crippen molar-refractivity contribution in [2.24, 2.45) is 0 Å². The molecule has 0 aliphatic carbocycles. The minimum Gasteiger partial charge on any atom is -0.467 e. The van der Waals surface area contributed by atoms with Gasteiger partial charge in [-0.25, -0.2) is 0 Å². The number of benzene rings is 2. The van der Waals surface area contributed by atoms with Crippen molar-refractivity contribution in [3.05, 3.63) is 95.6 Å². The van der Waals surface area contributed by atoms with Crippen LogP contribution in [0.2, 0.25) is 0 Å². The normalized spacial score (nSPS) is 15.0. The molecule has 1 aliphatic heterocycles. The summed E-state index contributed by atoms with van der Waals surface area (Å²) in [4.78, 5) is 40.1. The smallest absolute Gasteiger partial charge is 0.270 e. The molecule has 5 rings (SSSR count). The monoisotopic (exact) mass is 498 g/mol. The molecule has 1 fully saturated rings. The van der Waals surface area contributed by atoms with E-state index in [-0.39, 0.29) is 29.7 Å². The predicted molar refractivity (Wildman–Crippen MR) is 140 cm³/mol. The van der Waals surface area contributed by atoms with E-state index in [1.165, 1.54) is 4.90 Å². The highest BCUT2D eigenvalue weighted by molar-refractivity contribution is 7.80. The zero-order valence-electron chi connectivity index (χ0n) is 19.4. The highest BCUT2D eigenvalue weighted by atomic mass is 32.1. The van der Waals surface area contributed by atoms with Crippen molar-refractivity contribution >= 4 is 57.7 Å². The van der Waals surface area contributed by atoms with Gasteiger partial charge in [-0.15, -0.1) is 0 Å². The van der Waals surface area contributed by atoms with Gasteiger partial charge in [0.25, 0.3) is 11.8 Å². The van der Waals surface area contributed by atoms with E-state index in [1.807, 2.05) is 49.4 Å². The minimum atomic E-state index is -0.568. The first kappa shape index (κ1) is 23.3. The van der Waals surface area contributed by atoms with Crippen LogP contribution in [0, 0.1) is 6.92 Å².